The van der Waals surface area contributed by atoms with Crippen molar-refractivity contribution < 1.29 is 56.2 Å². The summed E-state index contributed by atoms with van der Waals surface area (Å²) in [5.41, 5.74) is -4.08. The molecular formula is C20H22F6N4O10. The number of aromatic nitrogens is 4. The van der Waals surface area contributed by atoms with Gasteiger partial charge in [0, 0.05) is 30.4 Å². The Morgan fingerprint density at radius 2 is 1.75 bits per heavy atom. The van der Waals surface area contributed by atoms with Gasteiger partial charge in [-0.2, -0.15) is 26.3 Å². The van der Waals surface area contributed by atoms with E-state index < -0.39 is 83.9 Å². The molecule has 0 saturated carbocycles. The van der Waals surface area contributed by atoms with Gasteiger partial charge >= 0.3 is 29.5 Å². The van der Waals surface area contributed by atoms with Gasteiger partial charge in [0.05, 0.1) is 12.7 Å². The maximum atomic E-state index is 14.5. The molecule has 0 aliphatic carbocycles. The monoisotopic (exact) mass is 592 g/mol. The number of ether oxygens (including phenoxy) is 2. The summed E-state index contributed by atoms with van der Waals surface area (Å²) in [6.07, 6.45) is -15.7. The summed E-state index contributed by atoms with van der Waals surface area (Å²) in [6, 6.07) is 0.991. The maximum Gasteiger partial charge on any atom is 0.417 e. The fraction of sp³-hybridized carbons (Fsp3) is 0.600. The maximum absolute atomic E-state index is 14.5. The number of hydrogen-bond donors (Lipinski definition) is 6. The molecule has 2 aromatic rings. The van der Waals surface area contributed by atoms with E-state index in [0.29, 0.717) is 6.20 Å². The fourth-order valence-corrected chi connectivity index (χ4v) is 3.87. The van der Waals surface area contributed by atoms with E-state index in [2.05, 4.69) is 4.74 Å². The van der Waals surface area contributed by atoms with Crippen LogP contribution < -0.4 is 22.5 Å². The number of H-pyrrole nitrogens is 2. The third-order valence-electron chi connectivity index (χ3n) is 6.00. The molecule has 20 heteroatoms. The predicted molar refractivity (Wildman–Crippen MR) is 116 cm³/mol. The lowest BCUT2D eigenvalue weighted by Crippen LogP contribution is -2.53. The molecule has 2 aliphatic rings. The van der Waals surface area contributed by atoms with Crippen LogP contribution in [0.4, 0.5) is 26.3 Å². The molecule has 0 amide bonds. The summed E-state index contributed by atoms with van der Waals surface area (Å²) in [5, 5.41) is 36.7. The number of halogens is 6. The van der Waals surface area contributed by atoms with E-state index in [0.717, 1.165) is 16.8 Å². The second kappa shape index (κ2) is 10.9. The Kier molecular flexibility index (Phi) is 8.54. The number of rotatable bonds is 4. The zero-order valence-corrected chi connectivity index (χ0v) is 20.0. The molecule has 0 bridgehead atoms. The van der Waals surface area contributed by atoms with E-state index in [-0.39, 0.29) is 16.6 Å². The van der Waals surface area contributed by atoms with E-state index in [1.807, 2.05) is 4.98 Å². The predicted octanol–water partition coefficient (Wildman–Crippen LogP) is -2.08. The van der Waals surface area contributed by atoms with Gasteiger partial charge in [-0.1, -0.05) is 0 Å². The third kappa shape index (κ3) is 5.63. The van der Waals surface area contributed by atoms with Gasteiger partial charge < -0.3 is 29.9 Å². The molecule has 4 heterocycles. The lowest BCUT2D eigenvalue weighted by Gasteiger charge is -2.27. The molecule has 0 aromatic carbocycles. The van der Waals surface area contributed by atoms with Crippen molar-refractivity contribution in [3.8, 4) is 0 Å². The summed E-state index contributed by atoms with van der Waals surface area (Å²) in [4.78, 5) is 48.5. The molecule has 1 unspecified atom stereocenters. The number of hydrogen-bond acceptors (Lipinski definition) is 10. The van der Waals surface area contributed by atoms with Crippen LogP contribution in [0.2, 0.25) is 0 Å². The van der Waals surface area contributed by atoms with Gasteiger partial charge in [-0.05, 0) is 6.92 Å². The van der Waals surface area contributed by atoms with E-state index >= 15 is 0 Å². The Labute approximate surface area is 216 Å². The molecule has 7 atom stereocenters. The van der Waals surface area contributed by atoms with Crippen LogP contribution in [0.5, 0.6) is 0 Å². The number of nitrogens with zero attached hydrogens (tertiary/aromatic N) is 2. The Balaban J connectivity index is 0.000000220. The smallest absolute Gasteiger partial charge is 0.394 e. The lowest BCUT2D eigenvalue weighted by molar-refractivity contribution is -0.297. The van der Waals surface area contributed by atoms with Gasteiger partial charge in [0.1, 0.15) is 18.4 Å². The average Bonchev–Trinajstić information content (AvgIpc) is 3.31. The van der Waals surface area contributed by atoms with E-state index in [1.165, 1.54) is 6.92 Å². The van der Waals surface area contributed by atoms with Gasteiger partial charge in [0.25, 0.3) is 11.1 Å². The molecule has 2 fully saturated rings. The largest absolute Gasteiger partial charge is 0.417 e. The average molecular weight is 592 g/mol. The molecule has 14 nitrogen and oxygen atoms in total. The highest BCUT2D eigenvalue weighted by atomic mass is 19.4. The number of alkyl halides is 6. The quantitative estimate of drug-likeness (QED) is 0.214. The zero-order chi connectivity index (χ0) is 30.4. The Bertz CT molecular complexity index is 1450. The van der Waals surface area contributed by atoms with Gasteiger partial charge in [-0.25, -0.2) is 14.2 Å². The van der Waals surface area contributed by atoms with Crippen LogP contribution in [0.3, 0.4) is 0 Å². The summed E-state index contributed by atoms with van der Waals surface area (Å²) in [5.74, 6) is -8.50. The van der Waals surface area contributed by atoms with Crippen molar-refractivity contribution in [2.24, 2.45) is 0 Å². The lowest BCUT2D eigenvalue weighted by atomic mass is 10.1. The summed E-state index contributed by atoms with van der Waals surface area (Å²) in [7, 11) is 0. The minimum Gasteiger partial charge on any atom is -0.394 e. The van der Waals surface area contributed by atoms with Crippen molar-refractivity contribution in [2.75, 3.05) is 6.61 Å². The first-order valence-corrected chi connectivity index (χ1v) is 11.1. The molecule has 6 N–H and O–H groups in total. The third-order valence-corrected chi connectivity index (χ3v) is 6.00. The molecule has 2 saturated heterocycles. The molecule has 4 rings (SSSR count). The van der Waals surface area contributed by atoms with Gasteiger partial charge in [0.2, 0.25) is 0 Å². The second-order valence-corrected chi connectivity index (χ2v) is 8.77. The highest BCUT2D eigenvalue weighted by Gasteiger charge is 2.71. The molecule has 2 aromatic heterocycles. The molecule has 0 radical (unpaired) electrons. The van der Waals surface area contributed by atoms with Crippen LogP contribution in [0.15, 0.2) is 37.6 Å². The first-order chi connectivity index (χ1) is 18.3. The molecule has 2 aliphatic heterocycles. The van der Waals surface area contributed by atoms with Crippen molar-refractivity contribution in [1.82, 2.24) is 19.1 Å². The van der Waals surface area contributed by atoms with Gasteiger partial charge in [-0.3, -0.25) is 24.1 Å². The van der Waals surface area contributed by atoms with Gasteiger partial charge in [-0.15, -0.1) is 0 Å². The van der Waals surface area contributed by atoms with Crippen LogP contribution in [0, 0.1) is 6.92 Å². The minimum atomic E-state index is -4.95. The second-order valence-electron chi connectivity index (χ2n) is 8.77. The van der Waals surface area contributed by atoms with Crippen LogP contribution >= 0.6 is 0 Å². The highest BCUT2D eigenvalue weighted by molar-refractivity contribution is 5.07. The Hall–Kier alpha value is -3.30. The van der Waals surface area contributed by atoms with Crippen molar-refractivity contribution in [3.63, 3.8) is 0 Å². The number of nitrogens with one attached hydrogen (secondary N) is 2. The van der Waals surface area contributed by atoms with Crippen molar-refractivity contribution in [3.05, 3.63) is 65.7 Å². The Morgan fingerprint density at radius 1 is 1.12 bits per heavy atom. The normalized spacial score (nSPS) is 30.5. The fourth-order valence-electron chi connectivity index (χ4n) is 3.87. The zero-order valence-electron chi connectivity index (χ0n) is 20.0. The summed E-state index contributed by atoms with van der Waals surface area (Å²) < 4.78 is 89.1. The van der Waals surface area contributed by atoms with Crippen LogP contribution in [-0.2, 0) is 15.5 Å². The Morgan fingerprint density at radius 3 is 2.27 bits per heavy atom. The van der Waals surface area contributed by atoms with Crippen LogP contribution in [-0.4, -0.2) is 88.8 Å². The van der Waals surface area contributed by atoms with Crippen molar-refractivity contribution >= 4 is 0 Å². The van der Waals surface area contributed by atoms with Crippen LogP contribution in [0.25, 0.3) is 0 Å². The van der Waals surface area contributed by atoms with Crippen molar-refractivity contribution in [2.45, 2.75) is 68.2 Å². The molecule has 224 valence electrons. The van der Waals surface area contributed by atoms with Crippen molar-refractivity contribution in [1.29, 1.82) is 0 Å². The first kappa shape index (κ1) is 31.2. The minimum absolute atomic E-state index is 0.150. The van der Waals surface area contributed by atoms with E-state index in [9.17, 15) is 55.7 Å². The highest BCUT2D eigenvalue weighted by Crippen LogP contribution is 2.48. The first-order valence-electron chi connectivity index (χ1n) is 11.1. The number of aliphatic hydroxyl groups is 4. The van der Waals surface area contributed by atoms with Gasteiger partial charge in [0.15, 0.2) is 12.2 Å². The van der Waals surface area contributed by atoms with E-state index in [4.69, 9.17) is 14.9 Å². The van der Waals surface area contributed by atoms with Crippen LogP contribution in [0.1, 0.15) is 18.2 Å². The molecular weight excluding hydrogens is 570 g/mol. The summed E-state index contributed by atoms with van der Waals surface area (Å²) >= 11 is 0. The summed E-state index contributed by atoms with van der Waals surface area (Å²) in [6.45, 7) is 0.102. The van der Waals surface area contributed by atoms with E-state index in [1.54, 1.807) is 4.98 Å². The molecule has 0 spiro atoms. The number of aliphatic hydroxyl groups excluding tert-OH is 4. The SMILES string of the molecule is Cc1cn([C@]2(F)O[C@H](CO)[C@@H](O)C2(F)F)c(=O)[nH]c1=O.O=c1ccn([C@H]2C[C@H](O)[C@@H](C(O)C(F)(F)F)O2)c(=O)[nH]1. The topological polar surface area (TPSA) is 209 Å². The standard InChI is InChI=1S/2C10H11F3N2O5/c1-4-2-15(8(19)14-7(4)18)10(13)9(11,12)6(17)5(3-16)20-10;11-10(12,13)8(18)7-4(16)3-6(20-7)15-2-1-5(17)14-9(15)19/h2,5-6,16-17H,3H2,1H3,(H,14,18,19);1-2,4,6-8,16,18H,3H2,(H,14,17,19)/t5-,6-,10+;4-,6+,7-,8?/m10/s1. The number of aryl methyl sites for hydroxylation is 1. The number of aromatic amines is 2. The molecule has 40 heavy (non-hydrogen) atoms.